The number of benzene rings is 1. The topological polar surface area (TPSA) is 45.2 Å². The Labute approximate surface area is 137 Å². The van der Waals surface area contributed by atoms with Gasteiger partial charge in [-0.25, -0.2) is 4.79 Å². The lowest BCUT2D eigenvalue weighted by Gasteiger charge is -2.18. The fourth-order valence-electron chi connectivity index (χ4n) is 1.93. The zero-order valence-electron chi connectivity index (χ0n) is 12.6. The molecule has 23 heavy (non-hydrogen) atoms. The molecule has 0 bridgehead atoms. The SMILES string of the molecule is CN(Cc1ccc(SC(F)F)cc1)C(=O)NCc1ccccn1. The Morgan fingerprint density at radius 2 is 2.00 bits per heavy atom. The summed E-state index contributed by atoms with van der Waals surface area (Å²) in [6.45, 7) is 0.752. The van der Waals surface area contributed by atoms with E-state index in [0.29, 0.717) is 29.7 Å². The number of pyridine rings is 1. The van der Waals surface area contributed by atoms with Gasteiger partial charge in [-0.1, -0.05) is 30.0 Å². The molecule has 4 nitrogen and oxygen atoms in total. The molecule has 2 aromatic rings. The van der Waals surface area contributed by atoms with Crippen molar-refractivity contribution >= 4 is 17.8 Å². The van der Waals surface area contributed by atoms with Crippen LogP contribution in [-0.4, -0.2) is 28.7 Å². The number of amides is 2. The lowest BCUT2D eigenvalue weighted by atomic mass is 10.2. The highest BCUT2D eigenvalue weighted by Gasteiger charge is 2.10. The molecule has 2 rings (SSSR count). The van der Waals surface area contributed by atoms with E-state index in [1.54, 1.807) is 37.5 Å². The third kappa shape index (κ3) is 5.86. The summed E-state index contributed by atoms with van der Waals surface area (Å²) < 4.78 is 24.5. The summed E-state index contributed by atoms with van der Waals surface area (Å²) in [4.78, 5) is 18.2. The number of hydrogen-bond donors (Lipinski definition) is 1. The first-order valence-corrected chi connectivity index (χ1v) is 7.85. The van der Waals surface area contributed by atoms with Crippen molar-refractivity contribution in [1.82, 2.24) is 15.2 Å². The number of carbonyl (C=O) groups is 1. The van der Waals surface area contributed by atoms with Crippen LogP contribution in [0.2, 0.25) is 0 Å². The number of rotatable bonds is 6. The number of carbonyl (C=O) groups excluding carboxylic acids is 1. The smallest absolute Gasteiger partial charge is 0.317 e. The molecule has 0 unspecified atom stereocenters. The highest BCUT2D eigenvalue weighted by Crippen LogP contribution is 2.25. The highest BCUT2D eigenvalue weighted by atomic mass is 32.2. The number of halogens is 2. The second-order valence-corrected chi connectivity index (χ2v) is 5.92. The van der Waals surface area contributed by atoms with Crippen molar-refractivity contribution in [3.63, 3.8) is 0 Å². The van der Waals surface area contributed by atoms with Gasteiger partial charge in [0.15, 0.2) is 0 Å². The molecule has 0 aliphatic heterocycles. The fraction of sp³-hybridized carbons (Fsp3) is 0.250. The van der Waals surface area contributed by atoms with Crippen LogP contribution < -0.4 is 5.32 Å². The van der Waals surface area contributed by atoms with Crippen molar-refractivity contribution < 1.29 is 13.6 Å². The summed E-state index contributed by atoms with van der Waals surface area (Å²) in [7, 11) is 1.68. The van der Waals surface area contributed by atoms with E-state index in [-0.39, 0.29) is 6.03 Å². The van der Waals surface area contributed by atoms with Crippen LogP contribution in [0.4, 0.5) is 13.6 Å². The molecule has 0 radical (unpaired) electrons. The molecule has 0 spiro atoms. The number of alkyl halides is 2. The highest BCUT2D eigenvalue weighted by molar-refractivity contribution is 7.99. The molecule has 1 heterocycles. The standard InChI is InChI=1S/C16H17F2N3OS/c1-21(16(22)20-10-13-4-2-3-9-19-13)11-12-5-7-14(8-6-12)23-15(17)18/h2-9,15H,10-11H2,1H3,(H,20,22). The van der Waals surface area contributed by atoms with E-state index in [1.807, 2.05) is 18.2 Å². The van der Waals surface area contributed by atoms with E-state index in [0.717, 1.165) is 11.3 Å². The normalized spacial score (nSPS) is 10.6. The Hall–Kier alpha value is -2.15. The van der Waals surface area contributed by atoms with E-state index in [4.69, 9.17) is 0 Å². The molecule has 122 valence electrons. The molecular formula is C16H17F2N3OS. The maximum Gasteiger partial charge on any atom is 0.317 e. The van der Waals surface area contributed by atoms with Gasteiger partial charge in [0.05, 0.1) is 12.2 Å². The van der Waals surface area contributed by atoms with Gasteiger partial charge in [0.25, 0.3) is 5.76 Å². The minimum atomic E-state index is -2.43. The number of urea groups is 1. The van der Waals surface area contributed by atoms with Gasteiger partial charge in [0.1, 0.15) is 0 Å². The minimum Gasteiger partial charge on any atom is -0.332 e. The van der Waals surface area contributed by atoms with Gasteiger partial charge in [0.2, 0.25) is 0 Å². The van der Waals surface area contributed by atoms with E-state index in [2.05, 4.69) is 10.3 Å². The predicted molar refractivity (Wildman–Crippen MR) is 86.2 cm³/mol. The van der Waals surface area contributed by atoms with Crippen LogP contribution in [0.5, 0.6) is 0 Å². The molecule has 0 aliphatic carbocycles. The number of aromatic nitrogens is 1. The third-order valence-electron chi connectivity index (χ3n) is 3.06. The Bertz CT molecular complexity index is 623. The minimum absolute atomic E-state index is 0.221. The number of hydrogen-bond acceptors (Lipinski definition) is 3. The summed E-state index contributed by atoms with van der Waals surface area (Å²) in [5, 5.41) is 2.78. The van der Waals surface area contributed by atoms with E-state index in [9.17, 15) is 13.6 Å². The zero-order chi connectivity index (χ0) is 16.7. The number of nitrogens with one attached hydrogen (secondary N) is 1. The second kappa shape index (κ2) is 8.47. The first-order chi connectivity index (χ1) is 11.0. The van der Waals surface area contributed by atoms with Crippen LogP contribution >= 0.6 is 11.8 Å². The van der Waals surface area contributed by atoms with E-state index < -0.39 is 5.76 Å². The van der Waals surface area contributed by atoms with Crippen LogP contribution in [0.1, 0.15) is 11.3 Å². The molecular weight excluding hydrogens is 320 g/mol. The van der Waals surface area contributed by atoms with Crippen molar-refractivity contribution in [2.75, 3.05) is 7.05 Å². The Morgan fingerprint density at radius 1 is 1.26 bits per heavy atom. The van der Waals surface area contributed by atoms with Crippen LogP contribution in [-0.2, 0) is 13.1 Å². The third-order valence-corrected chi connectivity index (χ3v) is 3.78. The summed E-state index contributed by atoms with van der Waals surface area (Å²) >= 11 is 0.505. The Kier molecular flexibility index (Phi) is 6.34. The fourth-order valence-corrected chi connectivity index (χ4v) is 2.42. The largest absolute Gasteiger partial charge is 0.332 e. The Morgan fingerprint density at radius 3 is 2.61 bits per heavy atom. The maximum absolute atomic E-state index is 12.3. The lowest BCUT2D eigenvalue weighted by molar-refractivity contribution is 0.206. The quantitative estimate of drug-likeness (QED) is 0.817. The zero-order valence-corrected chi connectivity index (χ0v) is 13.4. The summed E-state index contributed by atoms with van der Waals surface area (Å²) in [6, 6.07) is 12.0. The van der Waals surface area contributed by atoms with E-state index in [1.165, 1.54) is 4.90 Å². The van der Waals surface area contributed by atoms with Gasteiger partial charge >= 0.3 is 6.03 Å². The Balaban J connectivity index is 1.83. The second-order valence-electron chi connectivity index (χ2n) is 4.86. The maximum atomic E-state index is 12.3. The van der Waals surface area contributed by atoms with Crippen LogP contribution in [0.3, 0.4) is 0 Å². The summed E-state index contributed by atoms with van der Waals surface area (Å²) in [5.41, 5.74) is 1.65. The van der Waals surface area contributed by atoms with Crippen molar-refractivity contribution in [1.29, 1.82) is 0 Å². The van der Waals surface area contributed by atoms with Crippen molar-refractivity contribution in [2.45, 2.75) is 23.7 Å². The van der Waals surface area contributed by atoms with Crippen LogP contribution in [0.25, 0.3) is 0 Å². The molecule has 1 aromatic heterocycles. The average molecular weight is 337 g/mol. The molecule has 0 aliphatic rings. The average Bonchev–Trinajstić information content (AvgIpc) is 2.55. The molecule has 0 atom stereocenters. The molecule has 1 aromatic carbocycles. The van der Waals surface area contributed by atoms with Crippen LogP contribution in [0, 0.1) is 0 Å². The molecule has 0 saturated carbocycles. The molecule has 2 amide bonds. The van der Waals surface area contributed by atoms with Crippen molar-refractivity contribution in [3.05, 3.63) is 59.9 Å². The van der Waals surface area contributed by atoms with E-state index >= 15 is 0 Å². The van der Waals surface area contributed by atoms with Gasteiger partial charge in [-0.3, -0.25) is 4.98 Å². The molecule has 1 N–H and O–H groups in total. The molecule has 0 fully saturated rings. The van der Waals surface area contributed by atoms with Gasteiger partial charge in [-0.05, 0) is 29.8 Å². The van der Waals surface area contributed by atoms with Crippen molar-refractivity contribution in [2.24, 2.45) is 0 Å². The van der Waals surface area contributed by atoms with Crippen molar-refractivity contribution in [3.8, 4) is 0 Å². The van der Waals surface area contributed by atoms with Gasteiger partial charge < -0.3 is 10.2 Å². The first-order valence-electron chi connectivity index (χ1n) is 6.97. The molecule has 0 saturated heterocycles. The predicted octanol–water partition coefficient (Wildman–Crippen LogP) is 3.74. The lowest BCUT2D eigenvalue weighted by Crippen LogP contribution is -2.36. The molecule has 7 heteroatoms. The monoisotopic (exact) mass is 337 g/mol. The summed E-state index contributed by atoms with van der Waals surface area (Å²) in [6.07, 6.45) is 1.67. The van der Waals surface area contributed by atoms with Gasteiger partial charge in [-0.2, -0.15) is 8.78 Å². The number of nitrogens with zero attached hydrogens (tertiary/aromatic N) is 2. The summed E-state index contributed by atoms with van der Waals surface area (Å²) in [5.74, 6) is -2.43. The van der Waals surface area contributed by atoms with Gasteiger partial charge in [-0.15, -0.1) is 0 Å². The number of thioether (sulfide) groups is 1. The van der Waals surface area contributed by atoms with Crippen LogP contribution in [0.15, 0.2) is 53.6 Å². The first kappa shape index (κ1) is 17.2. The van der Waals surface area contributed by atoms with Gasteiger partial charge in [0, 0.05) is 24.7 Å².